The van der Waals surface area contributed by atoms with Crippen LogP contribution in [0.2, 0.25) is 0 Å². The van der Waals surface area contributed by atoms with E-state index < -0.39 is 0 Å². The summed E-state index contributed by atoms with van der Waals surface area (Å²) in [4.78, 5) is 7.20. The number of hydrogen-bond donors (Lipinski definition) is 1. The van der Waals surface area contributed by atoms with Crippen LogP contribution in [-0.4, -0.2) is 35.1 Å². The minimum absolute atomic E-state index is 0.710. The highest BCUT2D eigenvalue weighted by atomic mass is 15.2. The molecule has 0 spiro atoms. The number of nitrogens with zero attached hydrogens (tertiary/aromatic N) is 2. The Labute approximate surface area is 126 Å². The summed E-state index contributed by atoms with van der Waals surface area (Å²) in [7, 11) is 0. The third-order valence-electron chi connectivity index (χ3n) is 4.91. The van der Waals surface area contributed by atoms with E-state index in [1.54, 1.807) is 0 Å². The lowest BCUT2D eigenvalue weighted by atomic mass is 10.1. The molecule has 2 atom stereocenters. The Morgan fingerprint density at radius 3 is 3.00 bits per heavy atom. The number of nitrogens with one attached hydrogen (secondary N) is 1. The van der Waals surface area contributed by atoms with Gasteiger partial charge in [-0.3, -0.25) is 9.88 Å². The summed E-state index contributed by atoms with van der Waals surface area (Å²) < 4.78 is 0. The molecule has 2 aromatic rings. The molecule has 0 radical (unpaired) electrons. The fourth-order valence-corrected chi connectivity index (χ4v) is 3.79. The molecule has 2 aliphatic heterocycles. The van der Waals surface area contributed by atoms with Crippen LogP contribution in [0.3, 0.4) is 0 Å². The Balaban J connectivity index is 1.52. The predicted molar refractivity (Wildman–Crippen MR) is 86.3 cm³/mol. The first-order valence-corrected chi connectivity index (χ1v) is 8.11. The van der Waals surface area contributed by atoms with E-state index in [0.29, 0.717) is 6.04 Å². The molecule has 2 fully saturated rings. The number of pyridine rings is 1. The molecule has 1 aromatic carbocycles. The van der Waals surface area contributed by atoms with Gasteiger partial charge in [-0.2, -0.15) is 0 Å². The lowest BCUT2D eigenvalue weighted by Gasteiger charge is -2.24. The van der Waals surface area contributed by atoms with Gasteiger partial charge < -0.3 is 5.32 Å². The first-order valence-electron chi connectivity index (χ1n) is 8.11. The standard InChI is InChI=1S/C18H23N3/c1-13-2-4-15-10-14(3-7-18(15)19-13)11-21-9-8-16-5-6-17(12-21)20-16/h2-4,7,10,16-17,20H,5-6,8-9,11-12H2,1H3. The van der Waals surface area contributed by atoms with Crippen LogP contribution >= 0.6 is 0 Å². The van der Waals surface area contributed by atoms with Crippen LogP contribution in [0.5, 0.6) is 0 Å². The van der Waals surface area contributed by atoms with E-state index in [4.69, 9.17) is 0 Å². The van der Waals surface area contributed by atoms with Gasteiger partial charge >= 0.3 is 0 Å². The second-order valence-corrected chi connectivity index (χ2v) is 6.64. The van der Waals surface area contributed by atoms with Crippen LogP contribution in [0.15, 0.2) is 30.3 Å². The van der Waals surface area contributed by atoms with Crippen LogP contribution in [0.4, 0.5) is 0 Å². The summed E-state index contributed by atoms with van der Waals surface area (Å²) in [6.07, 6.45) is 4.02. The smallest absolute Gasteiger partial charge is 0.0705 e. The van der Waals surface area contributed by atoms with Gasteiger partial charge in [-0.05, 0) is 49.9 Å². The molecule has 3 nitrogen and oxygen atoms in total. The van der Waals surface area contributed by atoms with Crippen LogP contribution < -0.4 is 5.32 Å². The summed E-state index contributed by atoms with van der Waals surface area (Å²) in [6.45, 7) is 5.53. The van der Waals surface area contributed by atoms with E-state index >= 15 is 0 Å². The van der Waals surface area contributed by atoms with Gasteiger partial charge in [-0.25, -0.2) is 0 Å². The first kappa shape index (κ1) is 13.2. The molecule has 110 valence electrons. The van der Waals surface area contributed by atoms with Crippen LogP contribution in [0.1, 0.15) is 30.5 Å². The minimum atomic E-state index is 0.710. The van der Waals surface area contributed by atoms with Gasteiger partial charge in [-0.15, -0.1) is 0 Å². The van der Waals surface area contributed by atoms with Gasteiger partial charge in [0.2, 0.25) is 0 Å². The largest absolute Gasteiger partial charge is 0.310 e. The summed E-state index contributed by atoms with van der Waals surface area (Å²) in [6, 6.07) is 12.5. The van der Waals surface area contributed by atoms with Crippen molar-refractivity contribution in [2.75, 3.05) is 13.1 Å². The maximum atomic E-state index is 4.59. The molecule has 3 heterocycles. The fraction of sp³-hybridized carbons (Fsp3) is 0.500. The second kappa shape index (κ2) is 5.39. The number of benzene rings is 1. The van der Waals surface area contributed by atoms with E-state index in [-0.39, 0.29) is 0 Å². The molecule has 4 rings (SSSR count). The molecular weight excluding hydrogens is 258 g/mol. The van der Waals surface area contributed by atoms with Crippen LogP contribution in [-0.2, 0) is 6.54 Å². The van der Waals surface area contributed by atoms with E-state index in [2.05, 4.69) is 45.5 Å². The summed E-state index contributed by atoms with van der Waals surface area (Å²) in [5, 5.41) is 5.01. The average Bonchev–Trinajstić information content (AvgIpc) is 2.82. The number of rotatable bonds is 2. The van der Waals surface area contributed by atoms with Crippen molar-refractivity contribution in [3.63, 3.8) is 0 Å². The molecule has 0 saturated carbocycles. The number of fused-ring (bicyclic) bond motifs is 3. The van der Waals surface area contributed by atoms with Crippen molar-refractivity contribution >= 4 is 10.9 Å². The van der Waals surface area contributed by atoms with Crippen molar-refractivity contribution in [2.24, 2.45) is 0 Å². The maximum Gasteiger partial charge on any atom is 0.0705 e. The number of likely N-dealkylation sites (tertiary alicyclic amines) is 1. The van der Waals surface area contributed by atoms with E-state index in [1.807, 2.05) is 6.92 Å². The molecule has 2 saturated heterocycles. The van der Waals surface area contributed by atoms with Gasteiger partial charge in [0.1, 0.15) is 0 Å². The molecule has 0 amide bonds. The van der Waals surface area contributed by atoms with Gasteiger partial charge in [0.25, 0.3) is 0 Å². The third kappa shape index (κ3) is 2.81. The zero-order valence-electron chi connectivity index (χ0n) is 12.7. The SMILES string of the molecule is Cc1ccc2cc(CN3CCC4CCC(C3)N4)ccc2n1. The van der Waals surface area contributed by atoms with Crippen molar-refractivity contribution in [3.8, 4) is 0 Å². The van der Waals surface area contributed by atoms with Crippen LogP contribution in [0, 0.1) is 6.92 Å². The van der Waals surface area contributed by atoms with Crippen molar-refractivity contribution in [1.29, 1.82) is 0 Å². The first-order chi connectivity index (χ1) is 10.3. The molecule has 3 heteroatoms. The zero-order chi connectivity index (χ0) is 14.2. The molecule has 1 N–H and O–H groups in total. The lowest BCUT2D eigenvalue weighted by molar-refractivity contribution is 0.251. The average molecular weight is 281 g/mol. The summed E-state index contributed by atoms with van der Waals surface area (Å²) in [5.74, 6) is 0. The lowest BCUT2D eigenvalue weighted by Crippen LogP contribution is -2.34. The van der Waals surface area contributed by atoms with E-state index in [0.717, 1.165) is 23.8 Å². The molecule has 21 heavy (non-hydrogen) atoms. The van der Waals surface area contributed by atoms with E-state index in [1.165, 1.54) is 43.3 Å². The highest BCUT2D eigenvalue weighted by molar-refractivity contribution is 5.79. The van der Waals surface area contributed by atoms with Crippen molar-refractivity contribution < 1.29 is 0 Å². The molecule has 2 aliphatic rings. The van der Waals surface area contributed by atoms with Gasteiger partial charge in [0.05, 0.1) is 5.52 Å². The normalized spacial score (nSPS) is 26.1. The molecule has 2 unspecified atom stereocenters. The van der Waals surface area contributed by atoms with Gasteiger partial charge in [-0.1, -0.05) is 12.1 Å². The van der Waals surface area contributed by atoms with Crippen molar-refractivity contribution in [3.05, 3.63) is 41.6 Å². The Morgan fingerprint density at radius 2 is 2.05 bits per heavy atom. The third-order valence-corrected chi connectivity index (χ3v) is 4.91. The predicted octanol–water partition coefficient (Wildman–Crippen LogP) is 2.87. The monoisotopic (exact) mass is 281 g/mol. The molecule has 1 aromatic heterocycles. The Bertz CT molecular complexity index is 652. The quantitative estimate of drug-likeness (QED) is 0.917. The van der Waals surface area contributed by atoms with Gasteiger partial charge in [0.15, 0.2) is 0 Å². The van der Waals surface area contributed by atoms with E-state index in [9.17, 15) is 0 Å². The minimum Gasteiger partial charge on any atom is -0.310 e. The Morgan fingerprint density at radius 1 is 1.14 bits per heavy atom. The molecule has 0 aliphatic carbocycles. The number of hydrogen-bond acceptors (Lipinski definition) is 3. The van der Waals surface area contributed by atoms with Gasteiger partial charge in [0, 0.05) is 42.8 Å². The van der Waals surface area contributed by atoms with Crippen molar-refractivity contribution in [2.45, 2.75) is 44.8 Å². The number of aryl methyl sites for hydroxylation is 1. The topological polar surface area (TPSA) is 28.2 Å². The molecular formula is C18H23N3. The fourth-order valence-electron chi connectivity index (χ4n) is 3.79. The summed E-state index contributed by atoms with van der Waals surface area (Å²) in [5.41, 5.74) is 3.60. The Kier molecular flexibility index (Phi) is 3.40. The Hall–Kier alpha value is -1.45. The molecule has 2 bridgehead atoms. The highest BCUT2D eigenvalue weighted by Crippen LogP contribution is 2.22. The summed E-state index contributed by atoms with van der Waals surface area (Å²) >= 11 is 0. The van der Waals surface area contributed by atoms with Crippen LogP contribution in [0.25, 0.3) is 10.9 Å². The zero-order valence-corrected chi connectivity index (χ0v) is 12.7. The highest BCUT2D eigenvalue weighted by Gasteiger charge is 2.28. The number of aromatic nitrogens is 1. The maximum absolute atomic E-state index is 4.59. The second-order valence-electron chi connectivity index (χ2n) is 6.64. The van der Waals surface area contributed by atoms with Crippen molar-refractivity contribution in [1.82, 2.24) is 15.2 Å².